The van der Waals surface area contributed by atoms with E-state index in [-0.39, 0.29) is 38.2 Å². The van der Waals surface area contributed by atoms with Crippen LogP contribution in [0.1, 0.15) is 26.1 Å². The minimum atomic E-state index is -0.771. The highest BCUT2D eigenvalue weighted by Gasteiger charge is 2.22. The number of benzene rings is 7. The van der Waals surface area contributed by atoms with Gasteiger partial charge in [-0.25, -0.2) is 0 Å². The molecule has 0 saturated heterocycles. The Morgan fingerprint density at radius 2 is 1.23 bits per heavy atom. The SMILES string of the molecule is [2H]c1c([2H])c([2H])c2c(-c3c4c([2H])c([2H])c([2H])c([2H])c4c(-c4ccc(C(=C)/C=C\C=C)c5oc6ccccc6c45)c4c([2H])c([2H])c([2H])c([2H])c34)c([2H])c([2H])c([2H])c2c1[2H]. The molecule has 8 rings (SSSR count). The lowest BCUT2D eigenvalue weighted by atomic mass is 9.83. The Morgan fingerprint density at radius 1 is 0.628 bits per heavy atom. The Labute approximate surface area is 271 Å². The van der Waals surface area contributed by atoms with Gasteiger partial charge in [0.1, 0.15) is 11.2 Å². The molecule has 8 aromatic rings. The largest absolute Gasteiger partial charge is 0.455 e. The van der Waals surface area contributed by atoms with Gasteiger partial charge in [-0.2, -0.15) is 0 Å². The molecule has 0 aliphatic heterocycles. The molecule has 1 heterocycles. The first kappa shape index (κ1) is 14.0. The summed E-state index contributed by atoms with van der Waals surface area (Å²) < 4.78 is 141. The minimum absolute atomic E-state index is 0.0240. The molecule has 1 nitrogen and oxygen atoms in total. The molecule has 1 aromatic heterocycles. The Hall–Kier alpha value is -5.66. The highest BCUT2D eigenvalue weighted by Crippen LogP contribution is 2.48. The molecule has 0 aliphatic rings. The number of rotatable bonds is 5. The van der Waals surface area contributed by atoms with E-state index in [9.17, 15) is 6.85 Å². The van der Waals surface area contributed by atoms with Crippen molar-refractivity contribution in [1.82, 2.24) is 0 Å². The van der Waals surface area contributed by atoms with Gasteiger partial charge in [-0.3, -0.25) is 0 Å². The fourth-order valence-electron chi connectivity index (χ4n) is 5.71. The van der Waals surface area contributed by atoms with Crippen molar-refractivity contribution in [2.75, 3.05) is 0 Å². The summed E-state index contributed by atoms with van der Waals surface area (Å²) in [7, 11) is 0. The number of para-hydroxylation sites is 1. The molecule has 0 unspecified atom stereocenters. The van der Waals surface area contributed by atoms with Gasteiger partial charge in [0.25, 0.3) is 0 Å². The van der Waals surface area contributed by atoms with E-state index >= 15 is 0 Å². The third-order valence-corrected chi connectivity index (χ3v) is 7.51. The van der Waals surface area contributed by atoms with E-state index in [2.05, 4.69) is 13.2 Å². The van der Waals surface area contributed by atoms with Crippen LogP contribution in [0.4, 0.5) is 0 Å². The zero-order valence-corrected chi connectivity index (χ0v) is 22.5. The van der Waals surface area contributed by atoms with Crippen molar-refractivity contribution in [3.63, 3.8) is 0 Å². The van der Waals surface area contributed by atoms with Crippen LogP contribution in [0, 0.1) is 0 Å². The first-order chi connectivity index (χ1) is 27.5. The van der Waals surface area contributed by atoms with Crippen LogP contribution in [0.5, 0.6) is 0 Å². The van der Waals surface area contributed by atoms with Crippen molar-refractivity contribution >= 4 is 59.8 Å². The standard InChI is InChI=1S/C42H28O/c1-3-4-14-27(2)29-25-26-37(41-36-22-11-12-24-38(36)43-42(29)41)40-34-20-9-7-18-32(34)39(33-19-8-10-21-35(33)40)31-23-13-16-28-15-5-6-17-30(28)31/h3-26H,1-2H2/b14-4-/i5D,6D,7D,8D,9D,10D,13D,15D,16D,17D,18D,19D,20D,21D,23D. The molecule has 0 radical (unpaired) electrons. The summed E-state index contributed by atoms with van der Waals surface area (Å²) >= 11 is 0. The lowest BCUT2D eigenvalue weighted by Crippen LogP contribution is -1.93. The number of hydrogen-bond donors (Lipinski definition) is 0. The maximum atomic E-state index is 9.45. The lowest BCUT2D eigenvalue weighted by Gasteiger charge is -2.19. The monoisotopic (exact) mass is 563 g/mol. The van der Waals surface area contributed by atoms with Crippen LogP contribution >= 0.6 is 0 Å². The van der Waals surface area contributed by atoms with Crippen LogP contribution in [-0.4, -0.2) is 0 Å². The predicted octanol–water partition coefficient (Wildman–Crippen LogP) is 12.1. The third-order valence-electron chi connectivity index (χ3n) is 7.51. The molecule has 0 aliphatic carbocycles. The third kappa shape index (κ3) is 3.86. The van der Waals surface area contributed by atoms with Gasteiger partial charge in [-0.1, -0.05) is 146 Å². The summed E-state index contributed by atoms with van der Waals surface area (Å²) in [6, 6.07) is -0.0803. The van der Waals surface area contributed by atoms with Gasteiger partial charge in [0.2, 0.25) is 0 Å². The molecule has 0 amide bonds. The zero-order valence-electron chi connectivity index (χ0n) is 37.5. The fraction of sp³-hybridized carbons (Fsp3) is 0. The van der Waals surface area contributed by atoms with Crippen molar-refractivity contribution in [3.8, 4) is 22.3 Å². The highest BCUT2D eigenvalue weighted by molar-refractivity contribution is 6.27. The topological polar surface area (TPSA) is 13.1 Å². The maximum absolute atomic E-state index is 9.45. The Bertz CT molecular complexity index is 3180. The van der Waals surface area contributed by atoms with E-state index in [0.717, 1.165) is 0 Å². The molecule has 202 valence electrons. The van der Waals surface area contributed by atoms with Gasteiger partial charge in [0.15, 0.2) is 0 Å². The summed E-state index contributed by atoms with van der Waals surface area (Å²) in [5.41, 5.74) is 1.26. The number of allylic oxidation sites excluding steroid dienone is 4. The Kier molecular flexibility index (Phi) is 3.26. The van der Waals surface area contributed by atoms with Gasteiger partial charge in [-0.15, -0.1) is 0 Å². The van der Waals surface area contributed by atoms with Crippen LogP contribution in [0.15, 0.2) is 163 Å². The van der Waals surface area contributed by atoms with E-state index in [0.29, 0.717) is 33.1 Å². The van der Waals surface area contributed by atoms with Crippen molar-refractivity contribution in [2.45, 2.75) is 0 Å². The Balaban J connectivity index is 1.76. The van der Waals surface area contributed by atoms with Gasteiger partial charge in [0, 0.05) is 16.3 Å². The molecule has 0 bridgehead atoms. The second-order valence-electron chi connectivity index (χ2n) is 9.83. The molecule has 7 aromatic carbocycles. The van der Waals surface area contributed by atoms with Gasteiger partial charge < -0.3 is 4.42 Å². The quantitative estimate of drug-likeness (QED) is 0.150. The summed E-state index contributed by atoms with van der Waals surface area (Å²) in [5.74, 6) is 0. The van der Waals surface area contributed by atoms with E-state index in [4.69, 9.17) is 18.1 Å². The van der Waals surface area contributed by atoms with Crippen LogP contribution in [0.2, 0.25) is 0 Å². The van der Waals surface area contributed by atoms with Gasteiger partial charge >= 0.3 is 0 Å². The molecule has 0 fully saturated rings. The molecule has 0 saturated carbocycles. The van der Waals surface area contributed by atoms with Crippen LogP contribution < -0.4 is 0 Å². The maximum Gasteiger partial charge on any atom is 0.143 e. The normalized spacial score (nSPS) is 16.7. The molecule has 0 spiro atoms. The van der Waals surface area contributed by atoms with Crippen molar-refractivity contribution in [1.29, 1.82) is 0 Å². The second kappa shape index (κ2) is 10.0. The van der Waals surface area contributed by atoms with Gasteiger partial charge in [0.05, 0.1) is 20.6 Å². The predicted molar refractivity (Wildman–Crippen MR) is 185 cm³/mol. The number of fused-ring (bicyclic) bond motifs is 6. The summed E-state index contributed by atoms with van der Waals surface area (Å²) in [6.45, 7) is 7.93. The average molecular weight is 564 g/mol. The van der Waals surface area contributed by atoms with Crippen LogP contribution in [0.25, 0.3) is 82.1 Å². The summed E-state index contributed by atoms with van der Waals surface area (Å²) in [6.07, 6.45) is 4.99. The first-order valence-electron chi connectivity index (χ1n) is 20.9. The highest BCUT2D eigenvalue weighted by atomic mass is 16.3. The average Bonchev–Trinajstić information content (AvgIpc) is 3.61. The van der Waals surface area contributed by atoms with Crippen molar-refractivity contribution in [3.05, 3.63) is 164 Å². The van der Waals surface area contributed by atoms with Crippen molar-refractivity contribution in [2.24, 2.45) is 0 Å². The first-order valence-corrected chi connectivity index (χ1v) is 13.4. The fourth-order valence-corrected chi connectivity index (χ4v) is 5.71. The molecular weight excluding hydrogens is 520 g/mol. The van der Waals surface area contributed by atoms with Crippen molar-refractivity contribution < 1.29 is 25.0 Å². The molecular formula is C42H28O. The van der Waals surface area contributed by atoms with E-state index in [1.54, 1.807) is 54.6 Å². The smallest absolute Gasteiger partial charge is 0.143 e. The molecule has 1 heteroatoms. The Morgan fingerprint density at radius 3 is 1.93 bits per heavy atom. The van der Waals surface area contributed by atoms with E-state index in [1.165, 1.54) is 0 Å². The van der Waals surface area contributed by atoms with Crippen LogP contribution in [0.3, 0.4) is 0 Å². The zero-order chi connectivity index (χ0) is 42.0. The summed E-state index contributed by atoms with van der Waals surface area (Å²) in [5, 5.41) is -0.974. The second-order valence-corrected chi connectivity index (χ2v) is 9.83. The summed E-state index contributed by atoms with van der Waals surface area (Å²) in [4.78, 5) is 0. The molecule has 43 heavy (non-hydrogen) atoms. The number of furan rings is 1. The van der Waals surface area contributed by atoms with Crippen LogP contribution in [-0.2, 0) is 0 Å². The van der Waals surface area contributed by atoms with E-state index < -0.39 is 107 Å². The van der Waals surface area contributed by atoms with Gasteiger partial charge in [-0.05, 0) is 72.3 Å². The minimum Gasteiger partial charge on any atom is -0.455 e. The van der Waals surface area contributed by atoms with E-state index in [1.807, 2.05) is 0 Å². The molecule has 0 atom stereocenters. The molecule has 0 N–H and O–H groups in total. The lowest BCUT2D eigenvalue weighted by molar-refractivity contribution is 0.668. The number of hydrogen-bond acceptors (Lipinski definition) is 1.